The molecule has 8 heteroatoms. The largest absolute Gasteiger partial charge is 0.477 e. The summed E-state index contributed by atoms with van der Waals surface area (Å²) in [6.07, 6.45) is 1.59. The Morgan fingerprint density at radius 1 is 1.56 bits per heavy atom. The van der Waals surface area contributed by atoms with Gasteiger partial charge in [0.05, 0.1) is 0 Å². The van der Waals surface area contributed by atoms with Gasteiger partial charge in [-0.3, -0.25) is 4.40 Å². The summed E-state index contributed by atoms with van der Waals surface area (Å²) in [5, 5.41) is 9.03. The van der Waals surface area contributed by atoms with Crippen LogP contribution in [0.25, 0.3) is 4.96 Å². The molecule has 0 fully saturated rings. The molecular weight excluding hydrogens is 295 g/mol. The van der Waals surface area contributed by atoms with E-state index in [1.165, 1.54) is 0 Å². The van der Waals surface area contributed by atoms with Gasteiger partial charge in [-0.2, -0.15) is 0 Å². The third-order valence-electron chi connectivity index (χ3n) is 2.00. The van der Waals surface area contributed by atoms with Gasteiger partial charge in [0.2, 0.25) is 3.79 Å². The van der Waals surface area contributed by atoms with Crippen molar-refractivity contribution in [2.24, 2.45) is 0 Å². The highest BCUT2D eigenvalue weighted by molar-refractivity contribution is 7.19. The molecular formula is C8H5Cl3N2O2S. The maximum atomic E-state index is 11.0. The minimum absolute atomic E-state index is 0.00815. The molecule has 16 heavy (non-hydrogen) atoms. The van der Waals surface area contributed by atoms with Crippen LogP contribution in [0.3, 0.4) is 0 Å². The number of nitrogens with zero attached hydrogens (tertiary/aromatic N) is 2. The summed E-state index contributed by atoms with van der Waals surface area (Å²) in [6.45, 7) is 1.76. The van der Waals surface area contributed by atoms with Crippen LogP contribution in [0.4, 0.5) is 0 Å². The molecule has 0 saturated heterocycles. The van der Waals surface area contributed by atoms with Crippen molar-refractivity contribution in [1.29, 1.82) is 0 Å². The van der Waals surface area contributed by atoms with Gasteiger partial charge < -0.3 is 5.11 Å². The molecule has 1 N–H and O–H groups in total. The molecule has 0 aromatic carbocycles. The SMILES string of the molecule is Cc1cnc2sc(C(=O)O)c(C(Cl)(Cl)Cl)n12. The van der Waals surface area contributed by atoms with Gasteiger partial charge in [-0.15, -0.1) is 0 Å². The standard InChI is InChI=1S/C8H5Cl3N2O2S/c1-3-2-12-7-13(3)5(8(9,10)11)4(16-7)6(14)15/h2H,1H3,(H,14,15). The third kappa shape index (κ3) is 1.78. The van der Waals surface area contributed by atoms with Crippen molar-refractivity contribution in [1.82, 2.24) is 9.38 Å². The average Bonchev–Trinajstić information content (AvgIpc) is 2.64. The van der Waals surface area contributed by atoms with Crippen LogP contribution in [-0.4, -0.2) is 20.5 Å². The Labute approximate surface area is 109 Å². The Morgan fingerprint density at radius 2 is 2.19 bits per heavy atom. The van der Waals surface area contributed by atoms with E-state index in [2.05, 4.69) is 4.98 Å². The van der Waals surface area contributed by atoms with Crippen molar-refractivity contribution in [3.05, 3.63) is 22.5 Å². The van der Waals surface area contributed by atoms with Crippen molar-refractivity contribution in [2.75, 3.05) is 0 Å². The molecule has 0 unspecified atom stereocenters. The summed E-state index contributed by atoms with van der Waals surface area (Å²) in [5.74, 6) is -1.13. The first-order chi connectivity index (χ1) is 7.32. The molecule has 86 valence electrons. The summed E-state index contributed by atoms with van der Waals surface area (Å²) in [4.78, 5) is 15.6. The van der Waals surface area contributed by atoms with Gasteiger partial charge in [-0.25, -0.2) is 9.78 Å². The van der Waals surface area contributed by atoms with E-state index in [0.29, 0.717) is 4.96 Å². The minimum Gasteiger partial charge on any atom is -0.477 e. The Morgan fingerprint density at radius 3 is 2.69 bits per heavy atom. The Hall–Kier alpha value is -0.490. The van der Waals surface area contributed by atoms with Crippen LogP contribution in [-0.2, 0) is 3.79 Å². The second-order valence-electron chi connectivity index (χ2n) is 3.10. The van der Waals surface area contributed by atoms with E-state index in [-0.39, 0.29) is 10.6 Å². The molecule has 0 bridgehead atoms. The maximum absolute atomic E-state index is 11.0. The van der Waals surface area contributed by atoms with Crippen molar-refractivity contribution >= 4 is 57.1 Å². The molecule has 2 heterocycles. The zero-order valence-corrected chi connectivity index (χ0v) is 11.0. The normalized spacial score (nSPS) is 12.2. The van der Waals surface area contributed by atoms with Gasteiger partial charge in [0.15, 0.2) is 4.96 Å². The molecule has 4 nitrogen and oxygen atoms in total. The van der Waals surface area contributed by atoms with Crippen LogP contribution in [0.15, 0.2) is 6.20 Å². The summed E-state index contributed by atoms with van der Waals surface area (Å²) >= 11 is 18.3. The average molecular weight is 300 g/mol. The number of hydrogen-bond acceptors (Lipinski definition) is 3. The van der Waals surface area contributed by atoms with Gasteiger partial charge in [0.1, 0.15) is 10.6 Å². The Balaban J connectivity index is 2.87. The lowest BCUT2D eigenvalue weighted by molar-refractivity contribution is 0.0700. The molecule has 0 aliphatic rings. The van der Waals surface area contributed by atoms with Crippen LogP contribution < -0.4 is 0 Å². The quantitative estimate of drug-likeness (QED) is 0.823. The molecule has 0 spiro atoms. The van der Waals surface area contributed by atoms with E-state index in [1.54, 1.807) is 17.5 Å². The number of hydrogen-bond donors (Lipinski definition) is 1. The molecule has 2 aromatic heterocycles. The summed E-state index contributed by atoms with van der Waals surface area (Å²) in [6, 6.07) is 0. The molecule has 2 aromatic rings. The number of aromatic carboxylic acids is 1. The number of rotatable bonds is 1. The van der Waals surface area contributed by atoms with E-state index in [9.17, 15) is 4.79 Å². The molecule has 0 aliphatic heterocycles. The predicted molar refractivity (Wildman–Crippen MR) is 64.0 cm³/mol. The molecule has 0 aliphatic carbocycles. The molecule has 2 rings (SSSR count). The van der Waals surface area contributed by atoms with Gasteiger partial charge in [-0.1, -0.05) is 46.1 Å². The van der Waals surface area contributed by atoms with Crippen LogP contribution in [0.2, 0.25) is 0 Å². The van der Waals surface area contributed by atoms with Gasteiger partial charge in [0, 0.05) is 11.9 Å². The van der Waals surface area contributed by atoms with Crippen LogP contribution in [0.1, 0.15) is 21.1 Å². The lowest BCUT2D eigenvalue weighted by Gasteiger charge is -2.11. The highest BCUT2D eigenvalue weighted by atomic mass is 35.6. The van der Waals surface area contributed by atoms with E-state index in [0.717, 1.165) is 17.0 Å². The Bertz CT molecular complexity index is 570. The smallest absolute Gasteiger partial charge is 0.347 e. The van der Waals surface area contributed by atoms with Gasteiger partial charge in [-0.05, 0) is 6.92 Å². The number of fused-ring (bicyclic) bond motifs is 1. The van der Waals surface area contributed by atoms with E-state index >= 15 is 0 Å². The van der Waals surface area contributed by atoms with Crippen LogP contribution >= 0.6 is 46.1 Å². The molecule has 0 amide bonds. The topological polar surface area (TPSA) is 54.6 Å². The zero-order chi connectivity index (χ0) is 12.1. The highest BCUT2D eigenvalue weighted by Gasteiger charge is 2.34. The minimum atomic E-state index is -1.79. The number of thiazole rings is 1. The van der Waals surface area contributed by atoms with Crippen LogP contribution in [0.5, 0.6) is 0 Å². The molecule has 0 atom stereocenters. The number of aryl methyl sites for hydroxylation is 1. The summed E-state index contributed by atoms with van der Waals surface area (Å²) in [5.41, 5.74) is 0.847. The second-order valence-corrected chi connectivity index (χ2v) is 6.36. The van der Waals surface area contributed by atoms with Crippen molar-refractivity contribution in [3.8, 4) is 0 Å². The number of aromatic nitrogens is 2. The molecule has 0 saturated carbocycles. The number of carboxylic acid groups (broad SMARTS) is 1. The summed E-state index contributed by atoms with van der Waals surface area (Å²) < 4.78 is -0.251. The van der Waals surface area contributed by atoms with Gasteiger partial charge in [0.25, 0.3) is 0 Å². The van der Waals surface area contributed by atoms with Crippen molar-refractivity contribution in [2.45, 2.75) is 10.7 Å². The monoisotopic (exact) mass is 298 g/mol. The van der Waals surface area contributed by atoms with Gasteiger partial charge >= 0.3 is 5.97 Å². The lowest BCUT2D eigenvalue weighted by Crippen LogP contribution is -2.11. The number of carbonyl (C=O) groups is 1. The van der Waals surface area contributed by atoms with Crippen molar-refractivity contribution in [3.63, 3.8) is 0 Å². The van der Waals surface area contributed by atoms with Crippen LogP contribution in [0, 0.1) is 6.92 Å². The first-order valence-electron chi connectivity index (χ1n) is 4.09. The lowest BCUT2D eigenvalue weighted by atomic mass is 10.3. The highest BCUT2D eigenvalue weighted by Crippen LogP contribution is 2.43. The number of carboxylic acids is 1. The first-order valence-corrected chi connectivity index (χ1v) is 6.04. The fraction of sp³-hybridized carbons (Fsp3) is 0.250. The fourth-order valence-corrected chi connectivity index (χ4v) is 3.15. The fourth-order valence-electron chi connectivity index (χ4n) is 1.40. The first kappa shape index (κ1) is 12.0. The maximum Gasteiger partial charge on any atom is 0.347 e. The van der Waals surface area contributed by atoms with Crippen molar-refractivity contribution < 1.29 is 9.90 Å². The summed E-state index contributed by atoms with van der Waals surface area (Å²) in [7, 11) is 0. The number of halogens is 3. The number of imidazole rings is 1. The zero-order valence-electron chi connectivity index (χ0n) is 7.87. The van der Waals surface area contributed by atoms with E-state index < -0.39 is 9.76 Å². The number of alkyl halides is 3. The Kier molecular flexibility index (Phi) is 2.82. The third-order valence-corrected chi connectivity index (χ3v) is 3.58. The van der Waals surface area contributed by atoms with E-state index in [1.807, 2.05) is 0 Å². The van der Waals surface area contributed by atoms with E-state index in [4.69, 9.17) is 39.9 Å². The predicted octanol–water partition coefficient (Wildman–Crippen LogP) is 3.23. The molecule has 0 radical (unpaired) electrons. The second kappa shape index (κ2) is 3.77.